The molecule has 1 unspecified atom stereocenters. The maximum absolute atomic E-state index is 10.8. The first-order valence-corrected chi connectivity index (χ1v) is 6.91. The van der Waals surface area contributed by atoms with E-state index in [1.165, 1.54) is 5.56 Å². The molecule has 3 heteroatoms. The van der Waals surface area contributed by atoms with Crippen LogP contribution in [0.4, 0.5) is 0 Å². The first-order chi connectivity index (χ1) is 7.91. The third-order valence-corrected chi connectivity index (χ3v) is 4.58. The van der Waals surface area contributed by atoms with E-state index in [0.717, 1.165) is 11.3 Å². The average Bonchev–Trinajstić information content (AvgIpc) is 2.26. The van der Waals surface area contributed by atoms with Crippen molar-refractivity contribution in [3.05, 3.63) is 34.9 Å². The number of carboxylic acid groups (broad SMARTS) is 1. The van der Waals surface area contributed by atoms with E-state index in [4.69, 9.17) is 5.11 Å². The van der Waals surface area contributed by atoms with Gasteiger partial charge in [0, 0.05) is 11.0 Å². The Morgan fingerprint density at radius 2 is 2.00 bits per heavy atom. The Balaban J connectivity index is 2.70. The molecule has 1 aromatic rings. The molecule has 0 fully saturated rings. The highest BCUT2D eigenvalue weighted by atomic mass is 32.2. The van der Waals surface area contributed by atoms with Crippen LogP contribution in [0.1, 0.15) is 42.3 Å². The Labute approximate surface area is 107 Å². The minimum Gasteiger partial charge on any atom is -0.478 e. The van der Waals surface area contributed by atoms with Gasteiger partial charge in [0.2, 0.25) is 0 Å². The predicted molar refractivity (Wildman–Crippen MR) is 73.7 cm³/mol. The molecule has 0 radical (unpaired) electrons. The van der Waals surface area contributed by atoms with Crippen molar-refractivity contribution in [1.29, 1.82) is 0 Å². The van der Waals surface area contributed by atoms with Crippen LogP contribution in [0.3, 0.4) is 0 Å². The van der Waals surface area contributed by atoms with E-state index in [0.29, 0.717) is 16.7 Å². The third-order valence-electron chi connectivity index (χ3n) is 3.03. The molecule has 1 N–H and O–H groups in total. The second-order valence-electron chi connectivity index (χ2n) is 4.71. The Morgan fingerprint density at radius 1 is 1.35 bits per heavy atom. The average molecular weight is 252 g/mol. The Kier molecular flexibility index (Phi) is 5.06. The number of aryl methyl sites for hydroxylation is 1. The van der Waals surface area contributed by atoms with Crippen molar-refractivity contribution < 1.29 is 9.90 Å². The summed E-state index contributed by atoms with van der Waals surface area (Å²) in [7, 11) is 0. The lowest BCUT2D eigenvalue weighted by Gasteiger charge is -2.15. The summed E-state index contributed by atoms with van der Waals surface area (Å²) < 4.78 is 0. The number of rotatable bonds is 5. The zero-order valence-corrected chi connectivity index (χ0v) is 11.7. The van der Waals surface area contributed by atoms with Crippen molar-refractivity contribution >= 4 is 17.7 Å². The molecule has 1 rings (SSSR count). The zero-order chi connectivity index (χ0) is 13.0. The molecule has 1 atom stereocenters. The SMILES string of the molecule is Cc1cc(C(=O)O)ccc1CSC(C)C(C)C. The summed E-state index contributed by atoms with van der Waals surface area (Å²) in [5.74, 6) is 0.756. The molecule has 0 aliphatic carbocycles. The third kappa shape index (κ3) is 4.08. The van der Waals surface area contributed by atoms with Gasteiger partial charge in [0.1, 0.15) is 0 Å². The molecule has 0 aromatic heterocycles. The van der Waals surface area contributed by atoms with Gasteiger partial charge in [0.05, 0.1) is 5.56 Å². The molecule has 0 bridgehead atoms. The van der Waals surface area contributed by atoms with E-state index in [-0.39, 0.29) is 0 Å². The fraction of sp³-hybridized carbons (Fsp3) is 0.500. The molecule has 17 heavy (non-hydrogen) atoms. The summed E-state index contributed by atoms with van der Waals surface area (Å²) in [4.78, 5) is 10.8. The maximum atomic E-state index is 10.8. The first-order valence-electron chi connectivity index (χ1n) is 5.86. The fourth-order valence-corrected chi connectivity index (χ4v) is 2.56. The van der Waals surface area contributed by atoms with Crippen LogP contribution in [0.25, 0.3) is 0 Å². The first kappa shape index (κ1) is 14.1. The van der Waals surface area contributed by atoms with Crippen LogP contribution < -0.4 is 0 Å². The molecule has 0 amide bonds. The number of carboxylic acids is 1. The molecular weight excluding hydrogens is 232 g/mol. The summed E-state index contributed by atoms with van der Waals surface area (Å²) in [6.07, 6.45) is 0. The lowest BCUT2D eigenvalue weighted by molar-refractivity contribution is 0.0697. The van der Waals surface area contributed by atoms with E-state index >= 15 is 0 Å². The van der Waals surface area contributed by atoms with Crippen LogP contribution in [0.5, 0.6) is 0 Å². The van der Waals surface area contributed by atoms with Crippen molar-refractivity contribution in [2.75, 3.05) is 0 Å². The monoisotopic (exact) mass is 252 g/mol. The lowest BCUT2D eigenvalue weighted by Crippen LogP contribution is -2.06. The maximum Gasteiger partial charge on any atom is 0.335 e. The summed E-state index contributed by atoms with van der Waals surface area (Å²) in [5, 5.41) is 9.50. The highest BCUT2D eigenvalue weighted by Crippen LogP contribution is 2.25. The van der Waals surface area contributed by atoms with Gasteiger partial charge in [-0.2, -0.15) is 11.8 Å². The summed E-state index contributed by atoms with van der Waals surface area (Å²) in [6.45, 7) is 8.65. The van der Waals surface area contributed by atoms with Crippen LogP contribution >= 0.6 is 11.8 Å². The number of aromatic carboxylic acids is 1. The normalized spacial score (nSPS) is 12.8. The second kappa shape index (κ2) is 6.10. The number of benzene rings is 1. The van der Waals surface area contributed by atoms with Gasteiger partial charge in [-0.15, -0.1) is 0 Å². The van der Waals surface area contributed by atoms with Gasteiger partial charge in [-0.25, -0.2) is 4.79 Å². The molecular formula is C14H20O2S. The van der Waals surface area contributed by atoms with Gasteiger partial charge in [0.15, 0.2) is 0 Å². The van der Waals surface area contributed by atoms with E-state index in [1.54, 1.807) is 12.1 Å². The van der Waals surface area contributed by atoms with Gasteiger partial charge in [-0.05, 0) is 36.1 Å². The Morgan fingerprint density at radius 3 is 2.47 bits per heavy atom. The quantitative estimate of drug-likeness (QED) is 0.861. The molecule has 0 aliphatic heterocycles. The highest BCUT2D eigenvalue weighted by Gasteiger charge is 2.10. The number of carbonyl (C=O) groups is 1. The summed E-state index contributed by atoms with van der Waals surface area (Å²) >= 11 is 1.92. The smallest absolute Gasteiger partial charge is 0.335 e. The topological polar surface area (TPSA) is 37.3 Å². The van der Waals surface area contributed by atoms with Crippen molar-refractivity contribution in [1.82, 2.24) is 0 Å². The van der Waals surface area contributed by atoms with Crippen LogP contribution in [0, 0.1) is 12.8 Å². The predicted octanol–water partition coefficient (Wildman–Crippen LogP) is 3.97. The van der Waals surface area contributed by atoms with Gasteiger partial charge in [-0.1, -0.05) is 26.8 Å². The standard InChI is InChI=1S/C14H20O2S/c1-9(2)11(4)17-8-13-6-5-12(14(15)16)7-10(13)3/h5-7,9,11H,8H2,1-4H3,(H,15,16). The highest BCUT2D eigenvalue weighted by molar-refractivity contribution is 7.99. The molecule has 0 aliphatic rings. The summed E-state index contributed by atoms with van der Waals surface area (Å²) in [6, 6.07) is 5.36. The fourth-order valence-electron chi connectivity index (χ4n) is 1.40. The number of thioether (sulfide) groups is 1. The molecule has 0 saturated carbocycles. The van der Waals surface area contributed by atoms with Crippen LogP contribution in [0.15, 0.2) is 18.2 Å². The summed E-state index contributed by atoms with van der Waals surface area (Å²) in [5.41, 5.74) is 2.66. The van der Waals surface area contributed by atoms with Gasteiger partial charge >= 0.3 is 5.97 Å². The zero-order valence-electron chi connectivity index (χ0n) is 10.9. The molecule has 1 aromatic carbocycles. The number of hydrogen-bond acceptors (Lipinski definition) is 2. The van der Waals surface area contributed by atoms with Crippen molar-refractivity contribution in [2.24, 2.45) is 5.92 Å². The number of hydrogen-bond donors (Lipinski definition) is 1. The molecule has 0 spiro atoms. The van der Waals surface area contributed by atoms with Crippen LogP contribution in [-0.4, -0.2) is 16.3 Å². The van der Waals surface area contributed by atoms with E-state index < -0.39 is 5.97 Å². The molecule has 2 nitrogen and oxygen atoms in total. The van der Waals surface area contributed by atoms with Crippen molar-refractivity contribution in [2.45, 2.75) is 38.7 Å². The molecule has 94 valence electrons. The van der Waals surface area contributed by atoms with E-state index in [9.17, 15) is 4.79 Å². The minimum atomic E-state index is -0.858. The second-order valence-corrected chi connectivity index (χ2v) is 6.07. The Bertz CT molecular complexity index is 399. The minimum absolute atomic E-state index is 0.369. The largest absolute Gasteiger partial charge is 0.478 e. The van der Waals surface area contributed by atoms with E-state index in [1.807, 2.05) is 24.8 Å². The Hall–Kier alpha value is -0.960. The van der Waals surface area contributed by atoms with Gasteiger partial charge in [-0.3, -0.25) is 0 Å². The molecule has 0 heterocycles. The molecule has 0 saturated heterocycles. The van der Waals surface area contributed by atoms with Crippen LogP contribution in [0.2, 0.25) is 0 Å². The van der Waals surface area contributed by atoms with Crippen molar-refractivity contribution in [3.63, 3.8) is 0 Å². The van der Waals surface area contributed by atoms with Gasteiger partial charge < -0.3 is 5.11 Å². The van der Waals surface area contributed by atoms with Gasteiger partial charge in [0.25, 0.3) is 0 Å². The lowest BCUT2D eigenvalue weighted by atomic mass is 10.1. The van der Waals surface area contributed by atoms with Crippen molar-refractivity contribution in [3.8, 4) is 0 Å². The van der Waals surface area contributed by atoms with Crippen LogP contribution in [-0.2, 0) is 5.75 Å². The van der Waals surface area contributed by atoms with E-state index in [2.05, 4.69) is 20.8 Å².